The number of carbonyl (C=O) groups excluding carboxylic acids is 1. The number of aromatic nitrogens is 4. The van der Waals surface area contributed by atoms with Gasteiger partial charge in [-0.05, 0) is 47.2 Å². The fraction of sp³-hybridized carbons (Fsp3) is 0.158. The maximum atomic E-state index is 13.3. The molecule has 8 nitrogen and oxygen atoms in total. The van der Waals surface area contributed by atoms with Crippen LogP contribution in [0.4, 0.5) is 11.6 Å². The number of halogens is 1. The number of anilines is 2. The van der Waals surface area contributed by atoms with Gasteiger partial charge in [0.1, 0.15) is 11.8 Å². The van der Waals surface area contributed by atoms with Crippen molar-refractivity contribution in [1.82, 2.24) is 20.2 Å². The van der Waals surface area contributed by atoms with Gasteiger partial charge < -0.3 is 15.4 Å². The Bertz CT molecular complexity index is 1080. The van der Waals surface area contributed by atoms with Crippen LogP contribution in [-0.4, -0.2) is 33.2 Å². The van der Waals surface area contributed by atoms with E-state index in [-0.39, 0.29) is 5.91 Å². The summed E-state index contributed by atoms with van der Waals surface area (Å²) in [7, 11) is 1.56. The molecular weight excluding hydrogens is 380 g/mol. The first kappa shape index (κ1) is 18.0. The molecule has 0 bridgehead atoms. The number of nitrogens with zero attached hydrogens (tertiary/aromatic N) is 4. The van der Waals surface area contributed by atoms with Crippen LogP contribution in [0, 0.1) is 0 Å². The molecule has 0 fully saturated rings. The first-order valence-corrected chi connectivity index (χ1v) is 8.91. The SMILES string of the molecule is COc1ccccc1NC(=O)C1=C(C)Nc2nnnn2[C@@H]1c1cccc(Cl)c1. The summed E-state index contributed by atoms with van der Waals surface area (Å²) in [5.74, 6) is 0.734. The van der Waals surface area contributed by atoms with Gasteiger partial charge in [0.2, 0.25) is 5.95 Å². The summed E-state index contributed by atoms with van der Waals surface area (Å²) in [5.41, 5.74) is 2.50. The maximum absolute atomic E-state index is 13.3. The van der Waals surface area contributed by atoms with Crippen LogP contribution in [0.15, 0.2) is 59.8 Å². The van der Waals surface area contributed by atoms with E-state index in [4.69, 9.17) is 16.3 Å². The number of ether oxygens (including phenoxy) is 1. The molecule has 0 aliphatic carbocycles. The number of amides is 1. The van der Waals surface area contributed by atoms with Gasteiger partial charge in [0.05, 0.1) is 18.4 Å². The van der Waals surface area contributed by atoms with Gasteiger partial charge in [0.25, 0.3) is 5.91 Å². The summed E-state index contributed by atoms with van der Waals surface area (Å²) < 4.78 is 6.90. The van der Waals surface area contributed by atoms with E-state index in [1.165, 1.54) is 0 Å². The molecule has 3 aromatic rings. The molecule has 2 aromatic carbocycles. The molecule has 1 atom stereocenters. The minimum absolute atomic E-state index is 0.291. The number of carbonyl (C=O) groups is 1. The molecule has 0 saturated heterocycles. The van der Waals surface area contributed by atoms with E-state index in [0.29, 0.717) is 33.7 Å². The number of rotatable bonds is 4. The van der Waals surface area contributed by atoms with Crippen LogP contribution in [0.2, 0.25) is 5.02 Å². The molecule has 28 heavy (non-hydrogen) atoms. The lowest BCUT2D eigenvalue weighted by Gasteiger charge is -2.28. The lowest BCUT2D eigenvalue weighted by atomic mass is 9.95. The molecule has 2 heterocycles. The summed E-state index contributed by atoms with van der Waals surface area (Å²) >= 11 is 6.19. The molecule has 0 radical (unpaired) electrons. The Kier molecular flexibility index (Phi) is 4.70. The van der Waals surface area contributed by atoms with Gasteiger partial charge in [-0.25, -0.2) is 0 Å². The predicted molar refractivity (Wildman–Crippen MR) is 105 cm³/mol. The Morgan fingerprint density at radius 2 is 2.07 bits per heavy atom. The van der Waals surface area contributed by atoms with E-state index >= 15 is 0 Å². The van der Waals surface area contributed by atoms with Gasteiger partial charge in [0.15, 0.2) is 0 Å². The van der Waals surface area contributed by atoms with Gasteiger partial charge in [-0.3, -0.25) is 4.79 Å². The summed E-state index contributed by atoms with van der Waals surface area (Å²) in [6.45, 7) is 1.81. The highest BCUT2D eigenvalue weighted by Crippen LogP contribution is 2.36. The standard InChI is InChI=1S/C19H17ClN6O2/c1-11-16(18(27)22-14-8-3-4-9-15(14)28-2)17(12-6-5-7-13(20)10-12)26-19(21-11)23-24-25-26/h3-10,17H,1-2H3,(H,22,27)(H,21,23,25)/t17-/m1/s1. The van der Waals surface area contributed by atoms with Crippen LogP contribution < -0.4 is 15.4 Å². The van der Waals surface area contributed by atoms with Crippen molar-refractivity contribution in [3.05, 3.63) is 70.4 Å². The highest BCUT2D eigenvalue weighted by Gasteiger charge is 2.34. The van der Waals surface area contributed by atoms with Crippen molar-refractivity contribution >= 4 is 29.1 Å². The van der Waals surface area contributed by atoms with Crippen LogP contribution in [-0.2, 0) is 4.79 Å². The number of methoxy groups -OCH3 is 1. The Morgan fingerprint density at radius 1 is 1.25 bits per heavy atom. The van der Waals surface area contributed by atoms with E-state index in [1.54, 1.807) is 36.1 Å². The third-order valence-corrected chi connectivity index (χ3v) is 4.71. The van der Waals surface area contributed by atoms with Crippen LogP contribution in [0.3, 0.4) is 0 Å². The molecule has 1 aliphatic heterocycles. The van der Waals surface area contributed by atoms with Gasteiger partial charge >= 0.3 is 0 Å². The first-order valence-electron chi connectivity index (χ1n) is 8.54. The van der Waals surface area contributed by atoms with Crippen LogP contribution in [0.25, 0.3) is 0 Å². The first-order chi connectivity index (χ1) is 13.6. The monoisotopic (exact) mass is 396 g/mol. The molecule has 1 aromatic heterocycles. The Hall–Kier alpha value is -3.39. The van der Waals surface area contributed by atoms with Crippen molar-refractivity contribution in [2.45, 2.75) is 13.0 Å². The summed E-state index contributed by atoms with van der Waals surface area (Å²) in [6.07, 6.45) is 0. The average Bonchev–Trinajstić information content (AvgIpc) is 3.15. The number of allylic oxidation sites excluding steroid dienone is 1. The van der Waals surface area contributed by atoms with E-state index in [9.17, 15) is 4.79 Å². The molecule has 2 N–H and O–H groups in total. The normalized spacial score (nSPS) is 15.6. The van der Waals surface area contributed by atoms with Crippen molar-refractivity contribution in [2.75, 3.05) is 17.7 Å². The van der Waals surface area contributed by atoms with E-state index in [1.807, 2.05) is 31.2 Å². The zero-order valence-electron chi connectivity index (χ0n) is 15.2. The minimum atomic E-state index is -0.528. The molecule has 1 aliphatic rings. The van der Waals surface area contributed by atoms with Crippen molar-refractivity contribution in [3.8, 4) is 5.75 Å². The highest BCUT2D eigenvalue weighted by molar-refractivity contribution is 6.30. The van der Waals surface area contributed by atoms with Crippen LogP contribution >= 0.6 is 11.6 Å². The Morgan fingerprint density at radius 3 is 2.86 bits per heavy atom. The second kappa shape index (κ2) is 7.32. The van der Waals surface area contributed by atoms with Crippen LogP contribution in [0.5, 0.6) is 5.75 Å². The molecule has 142 valence electrons. The third-order valence-electron chi connectivity index (χ3n) is 4.48. The number of para-hydroxylation sites is 2. The smallest absolute Gasteiger partial charge is 0.255 e. The van der Waals surface area contributed by atoms with Gasteiger partial charge in [-0.15, -0.1) is 0 Å². The lowest BCUT2D eigenvalue weighted by molar-refractivity contribution is -0.113. The molecule has 0 spiro atoms. The quantitative estimate of drug-likeness (QED) is 0.703. The molecule has 1 amide bonds. The molecule has 0 saturated carbocycles. The molecule has 4 rings (SSSR count). The van der Waals surface area contributed by atoms with Gasteiger partial charge in [-0.2, -0.15) is 4.68 Å². The van der Waals surface area contributed by atoms with E-state index in [2.05, 4.69) is 26.2 Å². The van der Waals surface area contributed by atoms with Crippen molar-refractivity contribution in [2.24, 2.45) is 0 Å². The fourth-order valence-electron chi connectivity index (χ4n) is 3.23. The molecule has 0 unspecified atom stereocenters. The number of fused-ring (bicyclic) bond motifs is 1. The molecule has 9 heteroatoms. The van der Waals surface area contributed by atoms with Gasteiger partial charge in [0, 0.05) is 10.7 Å². The number of tetrazole rings is 1. The second-order valence-electron chi connectivity index (χ2n) is 6.22. The minimum Gasteiger partial charge on any atom is -0.495 e. The predicted octanol–water partition coefficient (Wildman–Crippen LogP) is 3.26. The summed E-state index contributed by atoms with van der Waals surface area (Å²) in [5, 5.41) is 18.3. The van der Waals surface area contributed by atoms with Crippen molar-refractivity contribution in [3.63, 3.8) is 0 Å². The van der Waals surface area contributed by atoms with Gasteiger partial charge in [-0.1, -0.05) is 41.0 Å². The largest absolute Gasteiger partial charge is 0.495 e. The average molecular weight is 397 g/mol. The third kappa shape index (κ3) is 3.18. The fourth-order valence-corrected chi connectivity index (χ4v) is 3.43. The van der Waals surface area contributed by atoms with Crippen LogP contribution in [0.1, 0.15) is 18.5 Å². The Labute approximate surface area is 166 Å². The van der Waals surface area contributed by atoms with E-state index < -0.39 is 6.04 Å². The van der Waals surface area contributed by atoms with Crippen molar-refractivity contribution < 1.29 is 9.53 Å². The number of hydrogen-bond donors (Lipinski definition) is 2. The van der Waals surface area contributed by atoms with E-state index in [0.717, 1.165) is 5.56 Å². The molecular formula is C19H17ClN6O2. The zero-order valence-corrected chi connectivity index (χ0v) is 15.9. The van der Waals surface area contributed by atoms with Crippen molar-refractivity contribution in [1.29, 1.82) is 0 Å². The summed E-state index contributed by atoms with van der Waals surface area (Å²) in [6, 6.07) is 14.0. The lowest BCUT2D eigenvalue weighted by Crippen LogP contribution is -2.31. The maximum Gasteiger partial charge on any atom is 0.255 e. The second-order valence-corrected chi connectivity index (χ2v) is 6.66. The summed E-state index contributed by atoms with van der Waals surface area (Å²) in [4.78, 5) is 13.3. The Balaban J connectivity index is 1.77. The number of benzene rings is 2. The topological polar surface area (TPSA) is 94.0 Å². The number of nitrogens with one attached hydrogen (secondary N) is 2. The zero-order chi connectivity index (χ0) is 19.7. The highest BCUT2D eigenvalue weighted by atomic mass is 35.5. The number of hydrogen-bond acceptors (Lipinski definition) is 6.